The standard InChI is InChI=1S/C14H20BrNO/c1-3-4-5-6-10-16-14(17)12-9-7-8-11(2)13(12)15/h7-9H,3-6,10H2,1-2H3,(H,16,17). The van der Waals surface area contributed by atoms with E-state index in [9.17, 15) is 4.79 Å². The van der Waals surface area contributed by atoms with E-state index in [1.54, 1.807) is 0 Å². The Hall–Kier alpha value is -0.830. The molecule has 0 aliphatic carbocycles. The highest BCUT2D eigenvalue weighted by Crippen LogP contribution is 2.20. The van der Waals surface area contributed by atoms with E-state index in [4.69, 9.17) is 0 Å². The molecule has 1 N–H and O–H groups in total. The van der Waals surface area contributed by atoms with Gasteiger partial charge in [-0.25, -0.2) is 0 Å². The van der Waals surface area contributed by atoms with E-state index in [-0.39, 0.29) is 5.91 Å². The van der Waals surface area contributed by atoms with Crippen LogP contribution in [0, 0.1) is 6.92 Å². The van der Waals surface area contributed by atoms with Crippen LogP contribution in [-0.4, -0.2) is 12.5 Å². The molecule has 0 spiro atoms. The molecule has 1 rings (SSSR count). The van der Waals surface area contributed by atoms with Crippen molar-refractivity contribution in [1.29, 1.82) is 0 Å². The number of benzene rings is 1. The number of carbonyl (C=O) groups is 1. The number of nitrogens with one attached hydrogen (secondary N) is 1. The first-order chi connectivity index (χ1) is 8.16. The monoisotopic (exact) mass is 297 g/mol. The molecule has 0 aliphatic rings. The van der Waals surface area contributed by atoms with Crippen LogP contribution in [-0.2, 0) is 0 Å². The minimum absolute atomic E-state index is 0.0112. The second-order valence-corrected chi connectivity index (χ2v) is 5.05. The maximum atomic E-state index is 11.9. The van der Waals surface area contributed by atoms with Crippen molar-refractivity contribution in [3.8, 4) is 0 Å². The number of hydrogen-bond donors (Lipinski definition) is 1. The molecule has 0 fully saturated rings. The van der Waals surface area contributed by atoms with Crippen LogP contribution in [0.1, 0.15) is 48.5 Å². The van der Waals surface area contributed by atoms with Crippen LogP contribution in [0.15, 0.2) is 22.7 Å². The van der Waals surface area contributed by atoms with Crippen molar-refractivity contribution < 1.29 is 4.79 Å². The number of aryl methyl sites for hydroxylation is 1. The van der Waals surface area contributed by atoms with Crippen molar-refractivity contribution in [3.63, 3.8) is 0 Å². The van der Waals surface area contributed by atoms with Crippen LogP contribution < -0.4 is 5.32 Å². The van der Waals surface area contributed by atoms with Crippen molar-refractivity contribution in [3.05, 3.63) is 33.8 Å². The predicted molar refractivity (Wildman–Crippen MR) is 75.4 cm³/mol. The summed E-state index contributed by atoms with van der Waals surface area (Å²) in [6.07, 6.45) is 4.70. The zero-order valence-electron chi connectivity index (χ0n) is 10.6. The van der Waals surface area contributed by atoms with Gasteiger partial charge in [-0.1, -0.05) is 38.3 Å². The molecule has 0 bridgehead atoms. The van der Waals surface area contributed by atoms with Crippen molar-refractivity contribution >= 4 is 21.8 Å². The summed E-state index contributed by atoms with van der Waals surface area (Å²) in [5, 5.41) is 2.96. The molecule has 1 aromatic rings. The molecule has 0 aromatic heterocycles. The normalized spacial score (nSPS) is 10.3. The summed E-state index contributed by atoms with van der Waals surface area (Å²) in [6.45, 7) is 4.93. The average Bonchev–Trinajstić information content (AvgIpc) is 2.32. The Morgan fingerprint density at radius 1 is 1.29 bits per heavy atom. The number of halogens is 1. The molecule has 1 aromatic carbocycles. The highest BCUT2D eigenvalue weighted by atomic mass is 79.9. The molecule has 0 saturated carbocycles. The number of rotatable bonds is 6. The molecular formula is C14H20BrNO. The number of unbranched alkanes of at least 4 members (excludes halogenated alkanes) is 3. The highest BCUT2D eigenvalue weighted by Gasteiger charge is 2.10. The van der Waals surface area contributed by atoms with Crippen LogP contribution in [0.2, 0.25) is 0 Å². The van der Waals surface area contributed by atoms with Crippen LogP contribution in [0.5, 0.6) is 0 Å². The zero-order chi connectivity index (χ0) is 12.7. The van der Waals surface area contributed by atoms with Crippen molar-refractivity contribution in [2.24, 2.45) is 0 Å². The van der Waals surface area contributed by atoms with Crippen LogP contribution in [0.3, 0.4) is 0 Å². The van der Waals surface area contributed by atoms with Gasteiger partial charge in [0.25, 0.3) is 5.91 Å². The van der Waals surface area contributed by atoms with Crippen molar-refractivity contribution in [2.75, 3.05) is 6.54 Å². The molecule has 3 heteroatoms. The second kappa shape index (κ2) is 7.49. The highest BCUT2D eigenvalue weighted by molar-refractivity contribution is 9.10. The van der Waals surface area contributed by atoms with Crippen LogP contribution in [0.25, 0.3) is 0 Å². The van der Waals surface area contributed by atoms with Gasteiger partial charge in [0.15, 0.2) is 0 Å². The summed E-state index contributed by atoms with van der Waals surface area (Å²) in [7, 11) is 0. The Kier molecular flexibility index (Phi) is 6.27. The molecular weight excluding hydrogens is 278 g/mol. The molecule has 0 unspecified atom stereocenters. The van der Waals surface area contributed by atoms with Crippen LogP contribution >= 0.6 is 15.9 Å². The van der Waals surface area contributed by atoms with Gasteiger partial charge in [-0.2, -0.15) is 0 Å². The van der Waals surface area contributed by atoms with E-state index >= 15 is 0 Å². The molecule has 0 atom stereocenters. The first-order valence-electron chi connectivity index (χ1n) is 6.20. The Balaban J connectivity index is 2.44. The lowest BCUT2D eigenvalue weighted by Gasteiger charge is -2.08. The molecule has 0 saturated heterocycles. The SMILES string of the molecule is CCCCCCNC(=O)c1cccc(C)c1Br. The minimum atomic E-state index is 0.0112. The summed E-state index contributed by atoms with van der Waals surface area (Å²) in [5.41, 5.74) is 1.81. The predicted octanol–water partition coefficient (Wildman–Crippen LogP) is 4.07. The van der Waals surface area contributed by atoms with E-state index in [1.165, 1.54) is 19.3 Å². The molecule has 2 nitrogen and oxygen atoms in total. The third-order valence-corrected chi connectivity index (χ3v) is 3.80. The number of hydrogen-bond acceptors (Lipinski definition) is 1. The molecule has 0 aliphatic heterocycles. The Bertz CT molecular complexity index is 376. The largest absolute Gasteiger partial charge is 0.352 e. The van der Waals surface area contributed by atoms with Crippen molar-refractivity contribution in [1.82, 2.24) is 5.32 Å². The molecule has 0 radical (unpaired) electrons. The summed E-state index contributed by atoms with van der Waals surface area (Å²) >= 11 is 3.45. The maximum Gasteiger partial charge on any atom is 0.252 e. The van der Waals surface area contributed by atoms with Gasteiger partial charge in [-0.15, -0.1) is 0 Å². The number of carbonyl (C=O) groups excluding carboxylic acids is 1. The summed E-state index contributed by atoms with van der Waals surface area (Å²) in [4.78, 5) is 11.9. The van der Waals surface area contributed by atoms with E-state index in [0.717, 1.165) is 28.6 Å². The van der Waals surface area contributed by atoms with E-state index in [0.29, 0.717) is 0 Å². The van der Waals surface area contributed by atoms with Gasteiger partial charge in [-0.3, -0.25) is 4.79 Å². The number of amides is 1. The molecule has 94 valence electrons. The average molecular weight is 298 g/mol. The van der Waals surface area contributed by atoms with Gasteiger partial charge < -0.3 is 5.32 Å². The Morgan fingerprint density at radius 3 is 2.76 bits per heavy atom. The maximum absolute atomic E-state index is 11.9. The lowest BCUT2D eigenvalue weighted by Crippen LogP contribution is -2.24. The topological polar surface area (TPSA) is 29.1 Å². The van der Waals surface area contributed by atoms with Gasteiger partial charge >= 0.3 is 0 Å². The van der Waals surface area contributed by atoms with E-state index < -0.39 is 0 Å². The summed E-state index contributed by atoms with van der Waals surface area (Å²) < 4.78 is 0.894. The third kappa shape index (κ3) is 4.50. The fourth-order valence-corrected chi connectivity index (χ4v) is 2.12. The van der Waals surface area contributed by atoms with Gasteiger partial charge in [-0.05, 0) is 40.9 Å². The molecule has 1 amide bonds. The first-order valence-corrected chi connectivity index (χ1v) is 6.99. The lowest BCUT2D eigenvalue weighted by atomic mass is 10.1. The quantitative estimate of drug-likeness (QED) is 0.788. The van der Waals surface area contributed by atoms with Gasteiger partial charge in [0.2, 0.25) is 0 Å². The van der Waals surface area contributed by atoms with E-state index in [2.05, 4.69) is 28.2 Å². The lowest BCUT2D eigenvalue weighted by molar-refractivity contribution is 0.0952. The molecule has 0 heterocycles. The first kappa shape index (κ1) is 14.2. The fourth-order valence-electron chi connectivity index (χ4n) is 1.67. The fraction of sp³-hybridized carbons (Fsp3) is 0.500. The van der Waals surface area contributed by atoms with Gasteiger partial charge in [0.05, 0.1) is 5.56 Å². The van der Waals surface area contributed by atoms with Crippen LogP contribution in [0.4, 0.5) is 0 Å². The Labute approximate surface area is 112 Å². The van der Waals surface area contributed by atoms with E-state index in [1.807, 2.05) is 25.1 Å². The zero-order valence-corrected chi connectivity index (χ0v) is 12.1. The van der Waals surface area contributed by atoms with Gasteiger partial charge in [0, 0.05) is 11.0 Å². The Morgan fingerprint density at radius 2 is 2.06 bits per heavy atom. The summed E-state index contributed by atoms with van der Waals surface area (Å²) in [6, 6.07) is 5.74. The van der Waals surface area contributed by atoms with Gasteiger partial charge in [0.1, 0.15) is 0 Å². The smallest absolute Gasteiger partial charge is 0.252 e. The second-order valence-electron chi connectivity index (χ2n) is 4.25. The minimum Gasteiger partial charge on any atom is -0.352 e. The summed E-state index contributed by atoms with van der Waals surface area (Å²) in [5.74, 6) is 0.0112. The molecule has 17 heavy (non-hydrogen) atoms. The third-order valence-electron chi connectivity index (χ3n) is 2.75. The van der Waals surface area contributed by atoms with Crippen molar-refractivity contribution in [2.45, 2.75) is 39.5 Å².